The molecule has 2 saturated carbocycles. The smallest absolute Gasteiger partial charge is 0.408 e. The highest BCUT2D eigenvalue weighted by Gasteiger charge is 2.63. The molecular formula is C39H49FN6O9S2. The monoisotopic (exact) mass is 828 g/mol. The fraction of sp³-hybridized carbons (Fsp3) is 0.590. The van der Waals surface area contributed by atoms with E-state index in [-0.39, 0.29) is 43.4 Å². The molecule has 57 heavy (non-hydrogen) atoms. The third-order valence-electron chi connectivity index (χ3n) is 11.3. The van der Waals surface area contributed by atoms with Gasteiger partial charge in [-0.05, 0) is 77.5 Å². The number of allylic oxidation sites excluding steroid dienone is 1. The second-order valence-corrected chi connectivity index (χ2v) is 19.5. The summed E-state index contributed by atoms with van der Waals surface area (Å²) >= 11 is 1.18. The number of rotatable bonds is 7. The van der Waals surface area contributed by atoms with Gasteiger partial charge in [0.05, 0.1) is 12.4 Å². The Morgan fingerprint density at radius 3 is 2.54 bits per heavy atom. The van der Waals surface area contributed by atoms with Gasteiger partial charge in [0.2, 0.25) is 21.8 Å². The van der Waals surface area contributed by atoms with E-state index in [4.69, 9.17) is 9.47 Å². The first-order valence-corrected chi connectivity index (χ1v) is 21.9. The molecule has 3 N–H and O–H groups in total. The number of benzene rings is 1. The molecule has 2 saturated heterocycles. The highest BCUT2D eigenvalue weighted by Crippen LogP contribution is 2.47. The molecule has 5 aliphatic rings. The van der Waals surface area contributed by atoms with Crippen molar-refractivity contribution in [2.45, 2.75) is 101 Å². The molecule has 0 unspecified atom stereocenters. The number of halogens is 1. The van der Waals surface area contributed by atoms with Crippen LogP contribution in [-0.4, -0.2) is 108 Å². The van der Waals surface area contributed by atoms with Crippen LogP contribution in [0.5, 0.6) is 5.75 Å². The van der Waals surface area contributed by atoms with Gasteiger partial charge < -0.3 is 29.9 Å². The number of nitrogens with zero attached hydrogens (tertiary/aromatic N) is 3. The summed E-state index contributed by atoms with van der Waals surface area (Å²) in [6, 6.07) is 2.24. The normalized spacial score (nSPS) is 28.5. The van der Waals surface area contributed by atoms with Crippen molar-refractivity contribution >= 4 is 51.1 Å². The van der Waals surface area contributed by atoms with Crippen molar-refractivity contribution in [2.75, 3.05) is 26.7 Å². The molecule has 308 valence electrons. The average Bonchev–Trinajstić information content (AvgIpc) is 3.96. The molecule has 4 fully saturated rings. The van der Waals surface area contributed by atoms with Crippen molar-refractivity contribution < 1.29 is 46.3 Å². The molecular weight excluding hydrogens is 780 g/mol. The maximum Gasteiger partial charge on any atom is 0.408 e. The third kappa shape index (κ3) is 8.66. The van der Waals surface area contributed by atoms with Crippen LogP contribution in [0.2, 0.25) is 0 Å². The standard InChI is InChI=1S/C39H49FN6O9S2/c1-38(2,3)55-37(51)42-28-11-9-7-5-6-8-10-24-17-39(24,36(50)44-57(52,53)25-13-14-25)43-32(47)31-26-20-45(18-23(26)19-46(31)35(28)49)34(48)29-21-56-33(41-29)22-12-15-30(54-4)27(40)16-22/h8,10,12,15-16,21,23-26,28,31H,5-7,9,11,13-14,17-20H2,1-4H3,(H,42,51)(H,43,47)(H,44,50)/b10-8-/t23-,24+,26-,28-,31-,39+/m0/s1. The minimum atomic E-state index is -3.93. The van der Waals surface area contributed by atoms with Gasteiger partial charge in [0.1, 0.15) is 33.9 Å². The van der Waals surface area contributed by atoms with E-state index in [1.165, 1.54) is 35.5 Å². The molecule has 1 aromatic heterocycles. The van der Waals surface area contributed by atoms with Crippen molar-refractivity contribution in [3.63, 3.8) is 0 Å². The van der Waals surface area contributed by atoms with Crippen molar-refractivity contribution in [3.8, 4) is 16.3 Å². The Bertz CT molecular complexity index is 2080. The molecule has 6 atom stereocenters. The van der Waals surface area contributed by atoms with Crippen LogP contribution in [0.25, 0.3) is 10.6 Å². The summed E-state index contributed by atoms with van der Waals surface area (Å²) in [5, 5.41) is 7.00. The maximum atomic E-state index is 14.7. The van der Waals surface area contributed by atoms with E-state index in [0.717, 1.165) is 12.8 Å². The number of aromatic nitrogens is 1. The number of ether oxygens (including phenoxy) is 2. The largest absolute Gasteiger partial charge is 0.494 e. The first-order chi connectivity index (χ1) is 27.0. The number of alkyl carbamates (subject to hydrolysis) is 1. The van der Waals surface area contributed by atoms with Gasteiger partial charge >= 0.3 is 6.09 Å². The van der Waals surface area contributed by atoms with Gasteiger partial charge in [-0.1, -0.05) is 25.0 Å². The Hall–Kier alpha value is -4.58. The van der Waals surface area contributed by atoms with Gasteiger partial charge in [0.25, 0.3) is 11.8 Å². The van der Waals surface area contributed by atoms with E-state index >= 15 is 0 Å². The zero-order valence-electron chi connectivity index (χ0n) is 32.4. The lowest BCUT2D eigenvalue weighted by atomic mass is 9.93. The van der Waals surface area contributed by atoms with E-state index < -0.39 is 85.9 Å². The third-order valence-corrected chi connectivity index (χ3v) is 14.0. The highest BCUT2D eigenvalue weighted by molar-refractivity contribution is 7.91. The number of amides is 5. The van der Waals surface area contributed by atoms with Gasteiger partial charge in [-0.2, -0.15) is 0 Å². The van der Waals surface area contributed by atoms with Gasteiger partial charge in [-0.15, -0.1) is 11.3 Å². The molecule has 1 aromatic carbocycles. The Kier molecular flexibility index (Phi) is 11.1. The molecule has 2 aliphatic carbocycles. The van der Waals surface area contributed by atoms with Gasteiger partial charge in [-0.25, -0.2) is 22.6 Å². The molecule has 18 heteroatoms. The van der Waals surface area contributed by atoms with Crippen molar-refractivity contribution in [3.05, 3.63) is 47.2 Å². The number of likely N-dealkylation sites (tertiary alicyclic amines) is 1. The first-order valence-electron chi connectivity index (χ1n) is 19.4. The zero-order valence-corrected chi connectivity index (χ0v) is 34.0. The van der Waals surface area contributed by atoms with E-state index in [9.17, 15) is 36.8 Å². The van der Waals surface area contributed by atoms with Crippen LogP contribution in [0.1, 0.15) is 82.6 Å². The van der Waals surface area contributed by atoms with Crippen LogP contribution >= 0.6 is 11.3 Å². The summed E-state index contributed by atoms with van der Waals surface area (Å²) < 4.78 is 53.0. The molecule has 4 heterocycles. The SMILES string of the molecule is COc1ccc(-c2nc(C(=O)N3C[C@H]4CN5C(=O)[C@@H](NC(=O)OC(C)(C)C)CCCCC/C=C\[C@@H]6C[C@@]6(C(=O)NS(=O)(=O)C6CC6)NC(=O)[C@@H]5[C@H]4C3)cs2)cc1F. The number of carbonyl (C=O) groups excluding carboxylic acids is 5. The molecule has 15 nitrogen and oxygen atoms in total. The van der Waals surface area contributed by atoms with Crippen LogP contribution in [0.4, 0.5) is 9.18 Å². The van der Waals surface area contributed by atoms with Crippen molar-refractivity contribution in [1.82, 2.24) is 30.1 Å². The quantitative estimate of drug-likeness (QED) is 0.347. The molecule has 5 amide bonds. The number of methoxy groups -OCH3 is 1. The zero-order chi connectivity index (χ0) is 40.9. The second kappa shape index (κ2) is 15.6. The Labute approximate surface area is 335 Å². The Morgan fingerprint density at radius 2 is 1.84 bits per heavy atom. The van der Waals surface area contributed by atoms with E-state index in [0.29, 0.717) is 42.7 Å². The molecule has 0 bridgehead atoms. The fourth-order valence-corrected chi connectivity index (χ4v) is 10.3. The number of fused-ring (bicyclic) bond motifs is 4. The van der Waals surface area contributed by atoms with Crippen molar-refractivity contribution in [1.29, 1.82) is 0 Å². The molecule has 3 aliphatic heterocycles. The van der Waals surface area contributed by atoms with Crippen LogP contribution < -0.4 is 20.1 Å². The predicted octanol–water partition coefficient (Wildman–Crippen LogP) is 3.75. The van der Waals surface area contributed by atoms with Gasteiger partial charge in [0.15, 0.2) is 11.6 Å². The second-order valence-electron chi connectivity index (χ2n) is 16.7. The van der Waals surface area contributed by atoms with E-state index in [1.807, 2.05) is 12.2 Å². The Balaban J connectivity index is 1.16. The van der Waals surface area contributed by atoms with Crippen LogP contribution in [0.3, 0.4) is 0 Å². The Morgan fingerprint density at radius 1 is 1.07 bits per heavy atom. The average molecular weight is 829 g/mol. The number of sulfonamides is 1. The molecule has 7 rings (SSSR count). The van der Waals surface area contributed by atoms with E-state index in [1.54, 1.807) is 37.1 Å². The number of hydrogen-bond donors (Lipinski definition) is 3. The molecule has 2 aromatic rings. The maximum absolute atomic E-state index is 14.7. The van der Waals surface area contributed by atoms with Crippen LogP contribution in [0.15, 0.2) is 35.7 Å². The summed E-state index contributed by atoms with van der Waals surface area (Å²) in [4.78, 5) is 77.4. The summed E-state index contributed by atoms with van der Waals surface area (Å²) in [6.07, 6.45) is 7.15. The number of thiazole rings is 1. The number of hydrogen-bond acceptors (Lipinski definition) is 11. The minimum absolute atomic E-state index is 0.0792. The summed E-state index contributed by atoms with van der Waals surface area (Å²) in [6.45, 7) is 5.51. The summed E-state index contributed by atoms with van der Waals surface area (Å²) in [7, 11) is -2.57. The summed E-state index contributed by atoms with van der Waals surface area (Å²) in [5.74, 6) is -4.22. The lowest BCUT2D eigenvalue weighted by Gasteiger charge is -2.33. The molecule has 0 radical (unpaired) electrons. The van der Waals surface area contributed by atoms with Gasteiger partial charge in [-0.3, -0.25) is 23.9 Å². The number of nitrogens with one attached hydrogen (secondary N) is 3. The first kappa shape index (κ1) is 40.6. The predicted molar refractivity (Wildman–Crippen MR) is 207 cm³/mol. The molecule has 0 spiro atoms. The van der Waals surface area contributed by atoms with Crippen molar-refractivity contribution in [2.24, 2.45) is 17.8 Å². The summed E-state index contributed by atoms with van der Waals surface area (Å²) in [5.41, 5.74) is -1.76. The topological polar surface area (TPSA) is 193 Å². The highest BCUT2D eigenvalue weighted by atomic mass is 32.2. The number of carbonyl (C=O) groups is 5. The fourth-order valence-electron chi connectivity index (χ4n) is 8.15. The lowest BCUT2D eigenvalue weighted by molar-refractivity contribution is -0.142. The van der Waals surface area contributed by atoms with Crippen LogP contribution in [0, 0.1) is 23.6 Å². The van der Waals surface area contributed by atoms with E-state index in [2.05, 4.69) is 20.3 Å². The van der Waals surface area contributed by atoms with Gasteiger partial charge in [0, 0.05) is 48.3 Å². The lowest BCUT2D eigenvalue weighted by Crippen LogP contribution is -2.60. The van der Waals surface area contributed by atoms with Crippen LogP contribution in [-0.2, 0) is 29.1 Å². The minimum Gasteiger partial charge on any atom is -0.494 e.